The van der Waals surface area contributed by atoms with Gasteiger partial charge in [-0.05, 0) is 31.2 Å². The maximum absolute atomic E-state index is 12.3. The standard InChI is InChI=1S/C18H14N4O4/c1-12(23)13-4-2-5-14(10-13)19-18(24)17-8-9-21(20-17)15-6-3-7-16(11-15)22(25)26/h2-11H,1H3,(H,19,24). The molecule has 0 spiro atoms. The largest absolute Gasteiger partial charge is 0.321 e. The highest BCUT2D eigenvalue weighted by Crippen LogP contribution is 2.17. The number of hydrogen-bond acceptors (Lipinski definition) is 5. The summed E-state index contributed by atoms with van der Waals surface area (Å²) in [6, 6.07) is 14.0. The lowest BCUT2D eigenvalue weighted by Gasteiger charge is -2.05. The average molecular weight is 350 g/mol. The highest BCUT2D eigenvalue weighted by molar-refractivity contribution is 6.03. The van der Waals surface area contributed by atoms with Crippen molar-refractivity contribution in [3.8, 4) is 5.69 Å². The minimum Gasteiger partial charge on any atom is -0.321 e. The number of nitrogens with zero attached hydrogens (tertiary/aromatic N) is 3. The number of anilines is 1. The summed E-state index contributed by atoms with van der Waals surface area (Å²) in [5.74, 6) is -0.550. The van der Waals surface area contributed by atoms with Gasteiger partial charge in [0.1, 0.15) is 0 Å². The quantitative estimate of drug-likeness (QED) is 0.432. The normalized spacial score (nSPS) is 10.3. The summed E-state index contributed by atoms with van der Waals surface area (Å²) < 4.78 is 1.38. The van der Waals surface area contributed by atoms with Gasteiger partial charge in [-0.15, -0.1) is 0 Å². The summed E-state index contributed by atoms with van der Waals surface area (Å²) in [5.41, 5.74) is 1.52. The van der Waals surface area contributed by atoms with Crippen LogP contribution in [0.15, 0.2) is 60.8 Å². The summed E-state index contributed by atoms with van der Waals surface area (Å²) >= 11 is 0. The minimum atomic E-state index is -0.497. The van der Waals surface area contributed by atoms with Gasteiger partial charge in [0, 0.05) is 29.6 Å². The molecule has 130 valence electrons. The van der Waals surface area contributed by atoms with Gasteiger partial charge in [-0.25, -0.2) is 4.68 Å². The number of ketones is 1. The number of nitrogens with one attached hydrogen (secondary N) is 1. The third-order valence-electron chi connectivity index (χ3n) is 3.65. The Labute approximate surface area is 148 Å². The summed E-state index contributed by atoms with van der Waals surface area (Å²) in [6.07, 6.45) is 1.54. The van der Waals surface area contributed by atoms with E-state index in [0.29, 0.717) is 16.9 Å². The summed E-state index contributed by atoms with van der Waals surface area (Å²) in [4.78, 5) is 34.1. The molecule has 1 amide bonds. The number of hydrogen-bond donors (Lipinski definition) is 1. The van der Waals surface area contributed by atoms with Gasteiger partial charge in [0.05, 0.1) is 10.6 Å². The van der Waals surface area contributed by atoms with Gasteiger partial charge >= 0.3 is 0 Å². The Morgan fingerprint density at radius 1 is 1.12 bits per heavy atom. The van der Waals surface area contributed by atoms with Crippen LogP contribution in [-0.2, 0) is 0 Å². The van der Waals surface area contributed by atoms with Crippen LogP contribution < -0.4 is 5.32 Å². The third kappa shape index (κ3) is 3.64. The first kappa shape index (κ1) is 17.0. The van der Waals surface area contributed by atoms with Crippen LogP contribution in [0.5, 0.6) is 0 Å². The lowest BCUT2D eigenvalue weighted by atomic mass is 10.1. The lowest BCUT2D eigenvalue weighted by Crippen LogP contribution is -2.13. The molecule has 0 aliphatic carbocycles. The van der Waals surface area contributed by atoms with E-state index in [-0.39, 0.29) is 17.2 Å². The Balaban J connectivity index is 1.80. The topological polar surface area (TPSA) is 107 Å². The molecule has 0 saturated carbocycles. The maximum Gasteiger partial charge on any atom is 0.276 e. The van der Waals surface area contributed by atoms with E-state index in [1.54, 1.807) is 42.6 Å². The Hall–Kier alpha value is -3.81. The highest BCUT2D eigenvalue weighted by Gasteiger charge is 2.13. The lowest BCUT2D eigenvalue weighted by molar-refractivity contribution is -0.384. The van der Waals surface area contributed by atoms with E-state index < -0.39 is 10.8 Å². The van der Waals surface area contributed by atoms with Crippen molar-refractivity contribution in [2.75, 3.05) is 5.32 Å². The molecule has 0 aliphatic heterocycles. The van der Waals surface area contributed by atoms with E-state index in [1.165, 1.54) is 29.8 Å². The first-order chi connectivity index (χ1) is 12.4. The predicted octanol–water partition coefficient (Wildman–Crippen LogP) is 3.24. The van der Waals surface area contributed by atoms with E-state index in [1.807, 2.05) is 0 Å². The Kier molecular flexibility index (Phi) is 4.57. The van der Waals surface area contributed by atoms with Crippen molar-refractivity contribution >= 4 is 23.1 Å². The molecule has 0 fully saturated rings. The van der Waals surface area contributed by atoms with Crippen molar-refractivity contribution in [2.24, 2.45) is 0 Å². The Morgan fingerprint density at radius 3 is 2.62 bits per heavy atom. The molecule has 0 aliphatic rings. The first-order valence-corrected chi connectivity index (χ1v) is 7.67. The van der Waals surface area contributed by atoms with Crippen molar-refractivity contribution in [1.82, 2.24) is 9.78 Å². The Morgan fingerprint density at radius 2 is 1.88 bits per heavy atom. The second-order valence-corrected chi connectivity index (χ2v) is 5.51. The monoisotopic (exact) mass is 350 g/mol. The summed E-state index contributed by atoms with van der Waals surface area (Å²) in [5, 5.41) is 17.7. The fourth-order valence-corrected chi connectivity index (χ4v) is 2.35. The van der Waals surface area contributed by atoms with Crippen LogP contribution >= 0.6 is 0 Å². The van der Waals surface area contributed by atoms with E-state index in [2.05, 4.69) is 10.4 Å². The number of carbonyl (C=O) groups excluding carboxylic acids is 2. The van der Waals surface area contributed by atoms with E-state index in [4.69, 9.17) is 0 Å². The molecule has 0 radical (unpaired) electrons. The Bertz CT molecular complexity index is 1010. The zero-order valence-corrected chi connectivity index (χ0v) is 13.7. The van der Waals surface area contributed by atoms with E-state index in [9.17, 15) is 19.7 Å². The van der Waals surface area contributed by atoms with Gasteiger partial charge in [-0.2, -0.15) is 5.10 Å². The molecule has 1 N–H and O–H groups in total. The van der Waals surface area contributed by atoms with Crippen LogP contribution in [0.3, 0.4) is 0 Å². The van der Waals surface area contributed by atoms with Gasteiger partial charge in [-0.1, -0.05) is 18.2 Å². The number of rotatable bonds is 5. The second-order valence-electron chi connectivity index (χ2n) is 5.51. The molecule has 3 rings (SSSR count). The molecular formula is C18H14N4O4. The van der Waals surface area contributed by atoms with Crippen LogP contribution in [0.1, 0.15) is 27.8 Å². The van der Waals surface area contributed by atoms with Gasteiger partial charge in [-0.3, -0.25) is 19.7 Å². The van der Waals surface area contributed by atoms with Crippen molar-refractivity contribution in [3.05, 3.63) is 82.2 Å². The molecule has 1 heterocycles. The molecule has 0 bridgehead atoms. The second kappa shape index (κ2) is 6.98. The third-order valence-corrected chi connectivity index (χ3v) is 3.65. The molecule has 0 saturated heterocycles. The molecule has 8 nitrogen and oxygen atoms in total. The molecular weight excluding hydrogens is 336 g/mol. The zero-order valence-electron chi connectivity index (χ0n) is 13.7. The average Bonchev–Trinajstić information content (AvgIpc) is 3.12. The highest BCUT2D eigenvalue weighted by atomic mass is 16.6. The van der Waals surface area contributed by atoms with Crippen LogP contribution in [0.4, 0.5) is 11.4 Å². The van der Waals surface area contributed by atoms with Gasteiger partial charge in [0.25, 0.3) is 11.6 Å². The maximum atomic E-state index is 12.3. The summed E-state index contributed by atoms with van der Waals surface area (Å²) in [6.45, 7) is 1.45. The van der Waals surface area contributed by atoms with Crippen LogP contribution in [0, 0.1) is 10.1 Å². The number of carbonyl (C=O) groups is 2. The number of nitro groups is 1. The smallest absolute Gasteiger partial charge is 0.276 e. The molecule has 3 aromatic rings. The minimum absolute atomic E-state index is 0.0648. The number of amides is 1. The van der Waals surface area contributed by atoms with Gasteiger partial charge in [0.2, 0.25) is 0 Å². The van der Waals surface area contributed by atoms with E-state index >= 15 is 0 Å². The van der Waals surface area contributed by atoms with Crippen molar-refractivity contribution in [3.63, 3.8) is 0 Å². The predicted molar refractivity (Wildman–Crippen MR) is 94.6 cm³/mol. The number of aromatic nitrogens is 2. The zero-order chi connectivity index (χ0) is 18.7. The molecule has 8 heteroatoms. The molecule has 0 unspecified atom stereocenters. The fourth-order valence-electron chi connectivity index (χ4n) is 2.35. The number of non-ortho nitro benzene ring substituents is 1. The number of Topliss-reactive ketones (excluding diaryl/α,β-unsaturated/α-hetero) is 1. The van der Waals surface area contributed by atoms with Crippen molar-refractivity contribution < 1.29 is 14.5 Å². The summed E-state index contributed by atoms with van der Waals surface area (Å²) in [7, 11) is 0. The van der Waals surface area contributed by atoms with Crippen LogP contribution in [-0.4, -0.2) is 26.4 Å². The fraction of sp³-hybridized carbons (Fsp3) is 0.0556. The van der Waals surface area contributed by atoms with Gasteiger partial charge in [0.15, 0.2) is 11.5 Å². The molecule has 26 heavy (non-hydrogen) atoms. The molecule has 0 atom stereocenters. The molecule has 1 aromatic heterocycles. The SMILES string of the molecule is CC(=O)c1cccc(NC(=O)c2ccn(-c3cccc([N+](=O)[O-])c3)n2)c1. The molecule has 2 aromatic carbocycles. The van der Waals surface area contributed by atoms with Crippen molar-refractivity contribution in [2.45, 2.75) is 6.92 Å². The number of nitro benzene ring substituents is 1. The van der Waals surface area contributed by atoms with Gasteiger partial charge < -0.3 is 5.32 Å². The van der Waals surface area contributed by atoms with Crippen LogP contribution in [0.25, 0.3) is 5.69 Å². The van der Waals surface area contributed by atoms with E-state index in [0.717, 1.165) is 0 Å². The number of benzene rings is 2. The van der Waals surface area contributed by atoms with Crippen molar-refractivity contribution in [1.29, 1.82) is 0 Å². The first-order valence-electron chi connectivity index (χ1n) is 7.67. The van der Waals surface area contributed by atoms with Crippen LogP contribution in [0.2, 0.25) is 0 Å².